The van der Waals surface area contributed by atoms with Crippen molar-refractivity contribution in [3.05, 3.63) is 10.9 Å². The molecule has 0 heterocycles. The van der Waals surface area contributed by atoms with Crippen LogP contribution in [0.1, 0.15) is 0 Å². The fourth-order valence-corrected chi connectivity index (χ4v) is 1.75. The van der Waals surface area contributed by atoms with Crippen LogP contribution in [0.4, 0.5) is 0 Å². The van der Waals surface area contributed by atoms with Crippen LogP contribution in [0.25, 0.3) is 0 Å². The Kier molecular flexibility index (Phi) is 5.23. The lowest BCUT2D eigenvalue weighted by Crippen LogP contribution is -2.21. The Morgan fingerprint density at radius 3 is 2.00 bits per heavy atom. The van der Waals surface area contributed by atoms with Gasteiger partial charge in [-0.3, -0.25) is 0 Å². The molecule has 0 fully saturated rings. The highest BCUT2D eigenvalue weighted by atomic mass is 28.3. The van der Waals surface area contributed by atoms with E-state index in [2.05, 4.69) is 0 Å². The highest BCUT2D eigenvalue weighted by Gasteiger charge is 1.87. The third kappa shape index (κ3) is 3.11. The number of nitrogens with two attached hydrogens (primary N) is 3. The van der Waals surface area contributed by atoms with Crippen molar-refractivity contribution in [3.63, 3.8) is 0 Å². The van der Waals surface area contributed by atoms with E-state index in [0.717, 1.165) is 0 Å². The van der Waals surface area contributed by atoms with E-state index in [9.17, 15) is 0 Å². The molecule has 0 aliphatic rings. The molecule has 0 aromatic rings. The molecule has 0 aromatic carbocycles. The smallest absolute Gasteiger partial charge is 0.113 e. The Balaban J connectivity index is 3.49. The van der Waals surface area contributed by atoms with Crippen LogP contribution < -0.4 is 16.5 Å². The van der Waals surface area contributed by atoms with E-state index in [0.29, 0.717) is 6.54 Å². The van der Waals surface area contributed by atoms with Crippen LogP contribution in [0.3, 0.4) is 0 Å². The fourth-order valence-electron chi connectivity index (χ4n) is 0.417. The van der Waals surface area contributed by atoms with Gasteiger partial charge in [0.1, 0.15) is 19.4 Å². The molecule has 3 nitrogen and oxygen atoms in total. The highest BCUT2D eigenvalue weighted by molar-refractivity contribution is 6.66. The van der Waals surface area contributed by atoms with Gasteiger partial charge in [0, 0.05) is 6.54 Å². The molecule has 0 radical (unpaired) electrons. The van der Waals surface area contributed by atoms with Gasteiger partial charge in [-0.1, -0.05) is 10.9 Å². The number of hydrogen-bond donors (Lipinski definition) is 3. The summed E-state index contributed by atoms with van der Waals surface area (Å²) >= 11 is 0. The molecule has 0 aliphatic carbocycles. The summed E-state index contributed by atoms with van der Waals surface area (Å²) in [5.74, 6) is 0. The van der Waals surface area contributed by atoms with Gasteiger partial charge in [-0.2, -0.15) is 0 Å². The summed E-state index contributed by atoms with van der Waals surface area (Å²) in [5, 5.41) is 10.9. The molecule has 0 amide bonds. The standard InChI is InChI=1S/C3H13N3Si2/c4-2-1-3(7-5)8-6/h1H,2,4-8H2. The number of rotatable bonds is 3. The average molecular weight is 147 g/mol. The summed E-state index contributed by atoms with van der Waals surface area (Å²) in [6.07, 6.45) is 1.97. The van der Waals surface area contributed by atoms with Gasteiger partial charge in [0.2, 0.25) is 0 Å². The van der Waals surface area contributed by atoms with E-state index in [1.165, 1.54) is 4.82 Å². The van der Waals surface area contributed by atoms with Crippen LogP contribution in [0, 0.1) is 0 Å². The van der Waals surface area contributed by atoms with Crippen LogP contribution >= 0.6 is 0 Å². The molecule has 0 saturated heterocycles. The van der Waals surface area contributed by atoms with Crippen molar-refractivity contribution in [1.29, 1.82) is 0 Å². The Morgan fingerprint density at radius 2 is 1.88 bits per heavy atom. The monoisotopic (exact) mass is 147 g/mol. The molecule has 0 aliphatic heterocycles. The maximum Gasteiger partial charge on any atom is 0.113 e. The summed E-state index contributed by atoms with van der Waals surface area (Å²) in [4.78, 5) is 1.30. The second-order valence-corrected chi connectivity index (χ2v) is 5.14. The van der Waals surface area contributed by atoms with Gasteiger partial charge >= 0.3 is 0 Å². The second kappa shape index (κ2) is 5.20. The van der Waals surface area contributed by atoms with Crippen molar-refractivity contribution in [1.82, 2.24) is 0 Å². The first-order valence-corrected chi connectivity index (χ1v) is 5.68. The van der Waals surface area contributed by atoms with Crippen LogP contribution in [0.2, 0.25) is 0 Å². The van der Waals surface area contributed by atoms with Gasteiger partial charge in [0.25, 0.3) is 0 Å². The van der Waals surface area contributed by atoms with Gasteiger partial charge in [-0.15, -0.1) is 0 Å². The number of hydrogen-bond acceptors (Lipinski definition) is 3. The molecular formula is C3H13N3Si2. The van der Waals surface area contributed by atoms with Crippen LogP contribution in [0.15, 0.2) is 10.9 Å². The van der Waals surface area contributed by atoms with Crippen LogP contribution in [-0.4, -0.2) is 25.9 Å². The zero-order valence-electron chi connectivity index (χ0n) is 4.93. The first kappa shape index (κ1) is 8.05. The van der Waals surface area contributed by atoms with E-state index >= 15 is 0 Å². The van der Waals surface area contributed by atoms with Gasteiger partial charge in [-0.25, -0.2) is 0 Å². The van der Waals surface area contributed by atoms with Crippen molar-refractivity contribution in [2.45, 2.75) is 0 Å². The summed E-state index contributed by atoms with van der Waals surface area (Å²) in [5.41, 5.74) is 5.24. The molecule has 0 saturated carbocycles. The molecule has 5 heteroatoms. The second-order valence-electron chi connectivity index (χ2n) is 1.51. The van der Waals surface area contributed by atoms with Crippen molar-refractivity contribution < 1.29 is 0 Å². The lowest BCUT2D eigenvalue weighted by atomic mass is 10.7. The van der Waals surface area contributed by atoms with Gasteiger partial charge in [-0.05, 0) is 0 Å². The molecule has 8 heavy (non-hydrogen) atoms. The van der Waals surface area contributed by atoms with E-state index in [1.54, 1.807) is 0 Å². The zero-order valence-corrected chi connectivity index (χ0v) is 7.76. The Labute approximate surface area is 54.1 Å². The maximum absolute atomic E-state index is 5.44. The Bertz CT molecular complexity index is 76.6. The van der Waals surface area contributed by atoms with E-state index in [1.807, 2.05) is 6.08 Å². The predicted molar refractivity (Wildman–Crippen MR) is 42.6 cm³/mol. The molecule has 0 spiro atoms. The quantitative estimate of drug-likeness (QED) is 0.369. The van der Waals surface area contributed by atoms with E-state index in [4.69, 9.17) is 16.5 Å². The highest BCUT2D eigenvalue weighted by Crippen LogP contribution is 1.77. The van der Waals surface area contributed by atoms with E-state index in [-0.39, 0.29) is 0 Å². The van der Waals surface area contributed by atoms with Crippen molar-refractivity contribution in [2.75, 3.05) is 6.54 Å². The third-order valence-electron chi connectivity index (χ3n) is 0.931. The van der Waals surface area contributed by atoms with Crippen molar-refractivity contribution in [2.24, 2.45) is 16.5 Å². The molecule has 0 atom stereocenters. The molecular weight excluding hydrogens is 134 g/mol. The lowest BCUT2D eigenvalue weighted by molar-refractivity contribution is 1.25. The first-order valence-electron chi connectivity index (χ1n) is 2.63. The molecule has 0 unspecified atom stereocenters. The van der Waals surface area contributed by atoms with Gasteiger partial charge in [0.15, 0.2) is 0 Å². The molecule has 48 valence electrons. The van der Waals surface area contributed by atoms with E-state index < -0.39 is 19.4 Å². The minimum atomic E-state index is -0.465. The van der Waals surface area contributed by atoms with Crippen LogP contribution in [0.5, 0.6) is 0 Å². The summed E-state index contributed by atoms with van der Waals surface area (Å²) in [6.45, 7) is 0.601. The normalized spacial score (nSPS) is 11.9. The topological polar surface area (TPSA) is 78.1 Å². The minimum absolute atomic E-state index is 0.465. The Hall–Kier alpha value is 0.0538. The molecule has 0 rings (SSSR count). The van der Waals surface area contributed by atoms with Crippen molar-refractivity contribution in [3.8, 4) is 0 Å². The fraction of sp³-hybridized carbons (Fsp3) is 0.333. The largest absolute Gasteiger partial charge is 0.353 e. The average Bonchev–Trinajstić information content (AvgIpc) is 1.83. The van der Waals surface area contributed by atoms with Gasteiger partial charge < -0.3 is 16.5 Å². The lowest BCUT2D eigenvalue weighted by Gasteiger charge is -1.94. The zero-order chi connectivity index (χ0) is 6.41. The van der Waals surface area contributed by atoms with Gasteiger partial charge in [0.05, 0.1) is 0 Å². The SMILES string of the molecule is NCC=C([SiH2]N)[SiH2]N. The Morgan fingerprint density at radius 1 is 1.38 bits per heavy atom. The molecule has 0 aromatic heterocycles. The van der Waals surface area contributed by atoms with Crippen molar-refractivity contribution >= 4 is 19.4 Å². The third-order valence-corrected chi connectivity index (χ3v) is 4.29. The predicted octanol–water partition coefficient (Wildman–Crippen LogP) is -3.13. The summed E-state index contributed by atoms with van der Waals surface area (Å²) in [7, 11) is -0.930. The molecule has 6 N–H and O–H groups in total. The molecule has 0 bridgehead atoms. The maximum atomic E-state index is 5.44. The van der Waals surface area contributed by atoms with Crippen LogP contribution in [-0.2, 0) is 0 Å². The summed E-state index contributed by atoms with van der Waals surface area (Å²) in [6, 6.07) is 0. The first-order chi connectivity index (χ1) is 3.85. The summed E-state index contributed by atoms with van der Waals surface area (Å²) < 4.78 is 0. The minimum Gasteiger partial charge on any atom is -0.353 e.